The van der Waals surface area contributed by atoms with Gasteiger partial charge in [-0.15, -0.1) is 0 Å². The molecule has 0 radical (unpaired) electrons. The number of benzene rings is 1. The monoisotopic (exact) mass is 206 g/mol. The highest BCUT2D eigenvalue weighted by Crippen LogP contribution is 2.19. The minimum Gasteiger partial charge on any atom is -0.497 e. The first-order valence-electron chi connectivity index (χ1n) is 4.41. The Hall–Kier alpha value is -1.88. The number of aliphatic hydroxyl groups is 1. The lowest BCUT2D eigenvalue weighted by Crippen LogP contribution is -1.85. The van der Waals surface area contributed by atoms with Crippen molar-refractivity contribution in [1.29, 1.82) is 0 Å². The minimum absolute atomic E-state index is 0.209. The van der Waals surface area contributed by atoms with Crippen LogP contribution in [-0.4, -0.2) is 22.4 Å². The van der Waals surface area contributed by atoms with Crippen LogP contribution in [0.2, 0.25) is 0 Å². The van der Waals surface area contributed by atoms with Gasteiger partial charge in [0.05, 0.1) is 7.11 Å². The molecule has 1 aromatic carbocycles. The molecule has 2 aromatic rings. The third-order valence-corrected chi connectivity index (χ3v) is 1.95. The van der Waals surface area contributed by atoms with Gasteiger partial charge in [0.1, 0.15) is 12.4 Å². The van der Waals surface area contributed by atoms with E-state index < -0.39 is 0 Å². The predicted molar refractivity (Wildman–Crippen MR) is 52.2 cm³/mol. The van der Waals surface area contributed by atoms with Crippen LogP contribution in [0.15, 0.2) is 28.8 Å². The van der Waals surface area contributed by atoms with E-state index in [4.69, 9.17) is 14.4 Å². The van der Waals surface area contributed by atoms with E-state index in [2.05, 4.69) is 10.1 Å². The number of hydrogen-bond donors (Lipinski definition) is 1. The fourth-order valence-corrected chi connectivity index (χ4v) is 1.18. The molecule has 0 amide bonds. The lowest BCUT2D eigenvalue weighted by atomic mass is 10.2. The highest BCUT2D eigenvalue weighted by Gasteiger charge is 2.07. The average Bonchev–Trinajstić information content (AvgIpc) is 2.78. The Bertz CT molecular complexity index is 436. The van der Waals surface area contributed by atoms with Gasteiger partial charge >= 0.3 is 0 Å². The molecule has 0 atom stereocenters. The lowest BCUT2D eigenvalue weighted by molar-refractivity contribution is 0.222. The molecule has 5 heteroatoms. The van der Waals surface area contributed by atoms with Crippen molar-refractivity contribution >= 4 is 0 Å². The molecule has 0 aliphatic heterocycles. The molecule has 0 bridgehead atoms. The van der Waals surface area contributed by atoms with Gasteiger partial charge in [0, 0.05) is 5.56 Å². The summed E-state index contributed by atoms with van der Waals surface area (Å²) in [5.41, 5.74) is 0.819. The maximum atomic E-state index is 8.76. The van der Waals surface area contributed by atoms with Crippen LogP contribution in [0.5, 0.6) is 5.75 Å². The molecule has 0 spiro atoms. The number of methoxy groups -OCH3 is 1. The standard InChI is InChI=1S/C10H10N2O3/c1-14-8-4-2-7(3-5-8)10-11-9(6-13)15-12-10/h2-5,13H,6H2,1H3. The Balaban J connectivity index is 2.28. The van der Waals surface area contributed by atoms with E-state index in [-0.39, 0.29) is 12.5 Å². The smallest absolute Gasteiger partial charge is 0.252 e. The van der Waals surface area contributed by atoms with Crippen molar-refractivity contribution in [3.63, 3.8) is 0 Å². The van der Waals surface area contributed by atoms with Crippen LogP contribution in [0, 0.1) is 0 Å². The second-order valence-corrected chi connectivity index (χ2v) is 2.90. The molecule has 2 rings (SSSR count). The van der Waals surface area contributed by atoms with Crippen molar-refractivity contribution in [3.8, 4) is 17.1 Å². The van der Waals surface area contributed by atoms with Crippen LogP contribution in [0.1, 0.15) is 5.89 Å². The van der Waals surface area contributed by atoms with Gasteiger partial charge in [0.25, 0.3) is 5.89 Å². The van der Waals surface area contributed by atoms with Crippen LogP contribution < -0.4 is 4.74 Å². The van der Waals surface area contributed by atoms with Crippen LogP contribution >= 0.6 is 0 Å². The Labute approximate surface area is 86.3 Å². The van der Waals surface area contributed by atoms with Gasteiger partial charge < -0.3 is 14.4 Å². The number of rotatable bonds is 3. The van der Waals surface area contributed by atoms with Crippen molar-refractivity contribution < 1.29 is 14.4 Å². The fraction of sp³-hybridized carbons (Fsp3) is 0.200. The van der Waals surface area contributed by atoms with Crippen molar-refractivity contribution in [2.45, 2.75) is 6.61 Å². The number of ether oxygens (including phenoxy) is 1. The van der Waals surface area contributed by atoms with Gasteiger partial charge in [-0.25, -0.2) is 0 Å². The molecule has 1 N–H and O–H groups in total. The van der Waals surface area contributed by atoms with Crippen LogP contribution in [-0.2, 0) is 6.61 Å². The van der Waals surface area contributed by atoms with Gasteiger partial charge in [0.15, 0.2) is 0 Å². The minimum atomic E-state index is -0.247. The van der Waals surface area contributed by atoms with Crippen LogP contribution in [0.4, 0.5) is 0 Å². The van der Waals surface area contributed by atoms with E-state index in [1.807, 2.05) is 24.3 Å². The molecular weight excluding hydrogens is 196 g/mol. The maximum Gasteiger partial charge on any atom is 0.252 e. The lowest BCUT2D eigenvalue weighted by Gasteiger charge is -1.98. The molecule has 0 saturated carbocycles. The molecule has 0 saturated heterocycles. The maximum absolute atomic E-state index is 8.76. The van der Waals surface area contributed by atoms with Gasteiger partial charge in [-0.2, -0.15) is 4.98 Å². The van der Waals surface area contributed by atoms with Crippen molar-refractivity contribution in [3.05, 3.63) is 30.2 Å². The van der Waals surface area contributed by atoms with E-state index in [0.717, 1.165) is 11.3 Å². The molecule has 1 heterocycles. The Morgan fingerprint density at radius 1 is 1.33 bits per heavy atom. The third kappa shape index (κ3) is 1.97. The van der Waals surface area contributed by atoms with Crippen molar-refractivity contribution in [2.24, 2.45) is 0 Å². The van der Waals surface area contributed by atoms with Gasteiger partial charge in [-0.3, -0.25) is 0 Å². The highest BCUT2D eigenvalue weighted by molar-refractivity contribution is 5.55. The highest BCUT2D eigenvalue weighted by atomic mass is 16.5. The van der Waals surface area contributed by atoms with Gasteiger partial charge in [-0.05, 0) is 24.3 Å². The largest absolute Gasteiger partial charge is 0.497 e. The summed E-state index contributed by atoms with van der Waals surface area (Å²) in [5, 5.41) is 12.5. The van der Waals surface area contributed by atoms with Crippen LogP contribution in [0.25, 0.3) is 11.4 Å². The summed E-state index contributed by atoms with van der Waals surface area (Å²) >= 11 is 0. The number of aromatic nitrogens is 2. The summed E-state index contributed by atoms with van der Waals surface area (Å²) in [4.78, 5) is 3.99. The molecule has 0 fully saturated rings. The van der Waals surface area contributed by atoms with E-state index in [9.17, 15) is 0 Å². The molecule has 0 unspecified atom stereocenters. The van der Waals surface area contributed by atoms with E-state index in [0.29, 0.717) is 5.82 Å². The molecule has 1 aromatic heterocycles. The zero-order valence-electron chi connectivity index (χ0n) is 8.17. The van der Waals surface area contributed by atoms with Crippen molar-refractivity contribution in [2.75, 3.05) is 7.11 Å². The Kier molecular flexibility index (Phi) is 2.64. The molecule has 0 aliphatic rings. The zero-order valence-corrected chi connectivity index (χ0v) is 8.17. The molecular formula is C10H10N2O3. The quantitative estimate of drug-likeness (QED) is 0.818. The number of aliphatic hydroxyl groups excluding tert-OH is 1. The first-order valence-corrected chi connectivity index (χ1v) is 4.41. The molecule has 78 valence electrons. The molecule has 15 heavy (non-hydrogen) atoms. The predicted octanol–water partition coefficient (Wildman–Crippen LogP) is 1.24. The zero-order chi connectivity index (χ0) is 10.7. The first kappa shape index (κ1) is 9.67. The molecule has 5 nitrogen and oxygen atoms in total. The second-order valence-electron chi connectivity index (χ2n) is 2.90. The topological polar surface area (TPSA) is 68.4 Å². The Morgan fingerprint density at radius 2 is 2.07 bits per heavy atom. The summed E-state index contributed by atoms with van der Waals surface area (Å²) in [6.07, 6.45) is 0. The van der Waals surface area contributed by atoms with E-state index in [1.54, 1.807) is 7.11 Å². The normalized spacial score (nSPS) is 10.3. The van der Waals surface area contributed by atoms with Gasteiger partial charge in [0.2, 0.25) is 5.82 Å². The fourth-order valence-electron chi connectivity index (χ4n) is 1.18. The average molecular weight is 206 g/mol. The third-order valence-electron chi connectivity index (χ3n) is 1.95. The SMILES string of the molecule is COc1ccc(-c2noc(CO)n2)cc1. The summed E-state index contributed by atoms with van der Waals surface area (Å²) < 4.78 is 9.81. The Morgan fingerprint density at radius 3 is 2.60 bits per heavy atom. The number of nitrogens with zero attached hydrogens (tertiary/aromatic N) is 2. The summed E-state index contributed by atoms with van der Waals surface area (Å²) in [7, 11) is 1.60. The number of hydrogen-bond acceptors (Lipinski definition) is 5. The summed E-state index contributed by atoms with van der Waals surface area (Å²) in [6, 6.07) is 7.27. The molecule has 0 aliphatic carbocycles. The summed E-state index contributed by atoms with van der Waals surface area (Å²) in [6.45, 7) is -0.247. The van der Waals surface area contributed by atoms with Crippen LogP contribution in [0.3, 0.4) is 0 Å². The summed E-state index contributed by atoms with van der Waals surface area (Å²) in [5.74, 6) is 1.44. The van der Waals surface area contributed by atoms with E-state index >= 15 is 0 Å². The van der Waals surface area contributed by atoms with Crippen molar-refractivity contribution in [1.82, 2.24) is 10.1 Å². The first-order chi connectivity index (χ1) is 7.33. The van der Waals surface area contributed by atoms with E-state index in [1.165, 1.54) is 0 Å². The second kappa shape index (κ2) is 4.10. The van der Waals surface area contributed by atoms with Gasteiger partial charge in [-0.1, -0.05) is 5.16 Å².